The van der Waals surface area contributed by atoms with Crippen molar-refractivity contribution >= 4 is 43.8 Å². The van der Waals surface area contributed by atoms with Crippen LogP contribution in [0.4, 0.5) is 10.2 Å². The van der Waals surface area contributed by atoms with Gasteiger partial charge in [0, 0.05) is 30.2 Å². The van der Waals surface area contributed by atoms with Crippen LogP contribution < -0.4 is 10.0 Å². The number of nitrogens with one attached hydrogen (secondary N) is 2. The Morgan fingerprint density at radius 2 is 2.12 bits per heavy atom. The molecule has 126 valence electrons. The Morgan fingerprint density at radius 1 is 1.31 bits per heavy atom. The van der Waals surface area contributed by atoms with Crippen molar-refractivity contribution < 1.29 is 4.39 Å². The van der Waals surface area contributed by atoms with Gasteiger partial charge in [0.15, 0.2) is 7.98 Å². The smallest absolute Gasteiger partial charge is 0.228 e. The fraction of sp³-hybridized carbons (Fsp3) is 0.176. The van der Waals surface area contributed by atoms with Gasteiger partial charge in [0.2, 0.25) is 7.98 Å². The molecule has 0 unspecified atom stereocenters. The van der Waals surface area contributed by atoms with Crippen LogP contribution in [0.2, 0.25) is 0 Å². The van der Waals surface area contributed by atoms with Crippen molar-refractivity contribution in [3.8, 4) is 11.3 Å². The normalized spacial score (nSPS) is 11.5. The molecule has 4 aromatic rings. The highest BCUT2D eigenvalue weighted by molar-refractivity contribution is 6.20. The monoisotopic (exact) mass is 344 g/mol. The lowest BCUT2D eigenvalue weighted by Gasteiger charge is -2.12. The summed E-state index contributed by atoms with van der Waals surface area (Å²) in [6.45, 7) is 0.372. The van der Waals surface area contributed by atoms with E-state index in [-0.39, 0.29) is 5.82 Å². The highest BCUT2D eigenvalue weighted by Gasteiger charge is 2.17. The maximum absolute atomic E-state index is 14.0. The topological polar surface area (TPSA) is 61.8 Å². The molecule has 0 spiro atoms. The van der Waals surface area contributed by atoms with Crippen LogP contribution in [-0.4, -0.2) is 42.5 Å². The predicted molar refractivity (Wildman–Crippen MR) is 103 cm³/mol. The number of hydrogen-bond acceptors (Lipinski definition) is 4. The summed E-state index contributed by atoms with van der Waals surface area (Å²) in [7, 11) is 14.9. The van der Waals surface area contributed by atoms with Gasteiger partial charge in [0.1, 0.15) is 22.8 Å². The summed E-state index contributed by atoms with van der Waals surface area (Å²) in [5.41, 5.74) is 4.50. The van der Waals surface area contributed by atoms with Crippen LogP contribution in [0.1, 0.15) is 5.56 Å². The third-order valence-electron chi connectivity index (χ3n) is 4.33. The molecule has 1 aromatic carbocycles. The minimum absolute atomic E-state index is 0.326. The predicted octanol–water partition coefficient (Wildman–Crippen LogP) is 1.95. The summed E-state index contributed by atoms with van der Waals surface area (Å²) in [6.07, 6.45) is 1.72. The number of H-pyrrole nitrogens is 1. The molecule has 0 atom stereocenters. The Bertz CT molecular complexity index is 1120. The molecule has 0 fully saturated rings. The van der Waals surface area contributed by atoms with Crippen LogP contribution in [0.3, 0.4) is 0 Å². The lowest BCUT2D eigenvalue weighted by molar-refractivity contribution is 0.625. The highest BCUT2D eigenvalue weighted by atomic mass is 19.1. The second kappa shape index (κ2) is 6.17. The van der Waals surface area contributed by atoms with Crippen molar-refractivity contribution in [3.63, 3.8) is 0 Å². The summed E-state index contributed by atoms with van der Waals surface area (Å²) < 4.78 is 15.9. The van der Waals surface area contributed by atoms with Crippen molar-refractivity contribution in [3.05, 3.63) is 42.0 Å². The summed E-state index contributed by atoms with van der Waals surface area (Å²) in [5, 5.41) is 3.44. The van der Waals surface area contributed by atoms with E-state index in [1.54, 1.807) is 13.4 Å². The van der Waals surface area contributed by atoms with Crippen molar-refractivity contribution in [2.24, 2.45) is 7.05 Å². The molecule has 0 aliphatic heterocycles. The first-order valence-corrected chi connectivity index (χ1v) is 8.03. The third kappa shape index (κ3) is 2.64. The Kier molecular flexibility index (Phi) is 3.96. The van der Waals surface area contributed by atoms with Gasteiger partial charge in [-0.15, -0.1) is 0 Å². The summed E-state index contributed by atoms with van der Waals surface area (Å²) >= 11 is 0. The van der Waals surface area contributed by atoms with E-state index in [2.05, 4.69) is 20.2 Å². The molecule has 0 saturated heterocycles. The minimum Gasteiger partial charge on any atom is -0.411 e. The van der Waals surface area contributed by atoms with Crippen molar-refractivity contribution in [1.82, 2.24) is 24.7 Å². The molecule has 4 radical (unpaired) electrons. The minimum atomic E-state index is -0.326. The highest BCUT2D eigenvalue weighted by Crippen LogP contribution is 2.32. The number of hydrogen-bond donors (Lipinski definition) is 2. The van der Waals surface area contributed by atoms with E-state index in [9.17, 15) is 4.39 Å². The lowest BCUT2D eigenvalue weighted by Crippen LogP contribution is -2.13. The van der Waals surface area contributed by atoms with Crippen LogP contribution in [0, 0.1) is 5.82 Å². The van der Waals surface area contributed by atoms with E-state index < -0.39 is 0 Å². The number of pyridine rings is 1. The number of fused-ring (bicyclic) bond motifs is 3. The first-order chi connectivity index (χ1) is 12.5. The quantitative estimate of drug-likeness (QED) is 0.556. The lowest BCUT2D eigenvalue weighted by atomic mass is 10.1. The molecule has 0 saturated carbocycles. The molecule has 3 heterocycles. The first kappa shape index (κ1) is 16.7. The number of halogens is 1. The van der Waals surface area contributed by atoms with E-state index in [1.807, 2.05) is 23.7 Å². The Labute approximate surface area is 152 Å². The number of nitrogens with zero attached hydrogens (tertiary/aromatic N) is 4. The van der Waals surface area contributed by atoms with Gasteiger partial charge in [-0.1, -0.05) is 0 Å². The van der Waals surface area contributed by atoms with Crippen LogP contribution in [0.15, 0.2) is 30.6 Å². The number of aromatic nitrogens is 4. The summed E-state index contributed by atoms with van der Waals surface area (Å²) in [5.74, 6) is 0.237. The number of aromatic amines is 1. The molecule has 9 heteroatoms. The SMILES string of the molecule is [B]NCc1cc(F)cc(-c2cc3c(nc(N([B])C)c4ncn(C)c43)[nH]2)c1. The number of anilines is 1. The molecule has 0 aliphatic carbocycles. The van der Waals surface area contributed by atoms with E-state index in [0.717, 1.165) is 22.2 Å². The van der Waals surface area contributed by atoms with Gasteiger partial charge < -0.3 is 19.6 Å². The molecule has 2 N–H and O–H groups in total. The van der Waals surface area contributed by atoms with Gasteiger partial charge in [-0.3, -0.25) is 0 Å². The largest absolute Gasteiger partial charge is 0.411 e. The van der Waals surface area contributed by atoms with Gasteiger partial charge in [-0.2, -0.15) is 0 Å². The Balaban J connectivity index is 1.96. The molecule has 6 nitrogen and oxygen atoms in total. The zero-order valence-electron chi connectivity index (χ0n) is 14.4. The van der Waals surface area contributed by atoms with E-state index in [0.29, 0.717) is 29.1 Å². The zero-order valence-corrected chi connectivity index (χ0v) is 14.4. The molecular formula is C17H15B2FN6. The Hall–Kier alpha value is -2.80. The second-order valence-electron chi connectivity index (χ2n) is 6.27. The molecule has 0 bridgehead atoms. The van der Waals surface area contributed by atoms with Gasteiger partial charge in [0.05, 0.1) is 11.8 Å². The Morgan fingerprint density at radius 3 is 2.85 bits per heavy atom. The maximum Gasteiger partial charge on any atom is 0.228 e. The molecule has 26 heavy (non-hydrogen) atoms. The van der Waals surface area contributed by atoms with Crippen molar-refractivity contribution in [1.29, 1.82) is 0 Å². The van der Waals surface area contributed by atoms with Crippen molar-refractivity contribution in [2.45, 2.75) is 6.54 Å². The molecular weight excluding hydrogens is 329 g/mol. The van der Waals surface area contributed by atoms with Gasteiger partial charge >= 0.3 is 0 Å². The molecule has 4 rings (SSSR count). The van der Waals surface area contributed by atoms with E-state index in [4.69, 9.17) is 16.0 Å². The number of rotatable bonds is 4. The van der Waals surface area contributed by atoms with Crippen LogP contribution >= 0.6 is 0 Å². The van der Waals surface area contributed by atoms with Gasteiger partial charge in [0.25, 0.3) is 0 Å². The zero-order chi connectivity index (χ0) is 18.4. The fourth-order valence-corrected chi connectivity index (χ4v) is 3.21. The maximum atomic E-state index is 14.0. The third-order valence-corrected chi connectivity index (χ3v) is 4.33. The van der Waals surface area contributed by atoms with Crippen LogP contribution in [0.5, 0.6) is 0 Å². The van der Waals surface area contributed by atoms with Crippen molar-refractivity contribution in [2.75, 3.05) is 11.9 Å². The summed E-state index contributed by atoms with van der Waals surface area (Å²) in [6, 6.07) is 6.75. The first-order valence-electron chi connectivity index (χ1n) is 8.03. The average Bonchev–Trinajstić information content (AvgIpc) is 3.17. The van der Waals surface area contributed by atoms with Gasteiger partial charge in [-0.05, 0) is 36.9 Å². The number of imidazole rings is 1. The van der Waals surface area contributed by atoms with E-state index >= 15 is 0 Å². The average molecular weight is 344 g/mol. The fourth-order valence-electron chi connectivity index (χ4n) is 3.21. The molecule has 0 aliphatic rings. The van der Waals surface area contributed by atoms with Crippen LogP contribution in [-0.2, 0) is 13.6 Å². The molecule has 3 aromatic heterocycles. The number of benzene rings is 1. The number of aryl methyl sites for hydroxylation is 1. The second-order valence-corrected chi connectivity index (χ2v) is 6.27. The summed E-state index contributed by atoms with van der Waals surface area (Å²) in [4.78, 5) is 13.7. The van der Waals surface area contributed by atoms with Gasteiger partial charge in [-0.25, -0.2) is 14.4 Å². The molecule has 0 amide bonds. The van der Waals surface area contributed by atoms with E-state index in [1.165, 1.54) is 16.9 Å². The van der Waals surface area contributed by atoms with Crippen LogP contribution in [0.25, 0.3) is 33.3 Å². The standard InChI is InChI=1S/C17H15B2FN6/c1-25-8-21-14-15(25)12-6-13(23-16(12)24-17(14)26(2)19)10-3-9(7-22-18)4-11(20)5-10/h3-6,8,22H,7H2,1-2H3,(H,23,24).